The second-order valence-electron chi connectivity index (χ2n) is 5.82. The summed E-state index contributed by atoms with van der Waals surface area (Å²) in [5.74, 6) is 1.86. The molecule has 5 heteroatoms. The van der Waals surface area contributed by atoms with E-state index in [9.17, 15) is 4.79 Å². The molecule has 120 valence electrons. The van der Waals surface area contributed by atoms with Gasteiger partial charge in [0.2, 0.25) is 5.91 Å². The molecule has 1 aromatic rings. The molecule has 1 aromatic carbocycles. The van der Waals surface area contributed by atoms with Crippen LogP contribution in [0.3, 0.4) is 0 Å². The second-order valence-corrected chi connectivity index (χ2v) is 7.00. The highest BCUT2D eigenvalue weighted by molar-refractivity contribution is 7.99. The van der Waals surface area contributed by atoms with Gasteiger partial charge in [0.05, 0.1) is 24.5 Å². The summed E-state index contributed by atoms with van der Waals surface area (Å²) >= 11 is 1.61. The number of rotatable bonds is 3. The third-order valence-corrected chi connectivity index (χ3v) is 5.30. The van der Waals surface area contributed by atoms with E-state index >= 15 is 0 Å². The van der Waals surface area contributed by atoms with Gasteiger partial charge in [-0.25, -0.2) is 0 Å². The zero-order valence-corrected chi connectivity index (χ0v) is 14.0. The molecule has 2 atom stereocenters. The van der Waals surface area contributed by atoms with Gasteiger partial charge in [0.25, 0.3) is 0 Å². The molecule has 0 unspecified atom stereocenters. The predicted octanol–water partition coefficient (Wildman–Crippen LogP) is 3.26. The van der Waals surface area contributed by atoms with Gasteiger partial charge in [0.1, 0.15) is 0 Å². The van der Waals surface area contributed by atoms with Crippen molar-refractivity contribution < 1.29 is 14.3 Å². The Morgan fingerprint density at radius 1 is 1.27 bits per heavy atom. The van der Waals surface area contributed by atoms with Gasteiger partial charge in [-0.2, -0.15) is 11.8 Å². The Labute approximate surface area is 136 Å². The van der Waals surface area contributed by atoms with Crippen LogP contribution in [0.25, 0.3) is 0 Å². The van der Waals surface area contributed by atoms with Crippen LogP contribution in [0.1, 0.15) is 37.8 Å². The molecule has 3 rings (SSSR count). The van der Waals surface area contributed by atoms with E-state index in [0.717, 1.165) is 42.9 Å². The molecular formula is C17H23NO3S. The SMILES string of the molecule is CS[C@@H](C)C(=O)N1CCC[C@@H]1c1ccc2c(c1)OCCCO2. The average Bonchev–Trinajstić information content (AvgIpc) is 2.91. The summed E-state index contributed by atoms with van der Waals surface area (Å²) in [6, 6.07) is 6.28. The molecule has 0 N–H and O–H groups in total. The van der Waals surface area contributed by atoms with Crippen LogP contribution in [0.4, 0.5) is 0 Å². The lowest BCUT2D eigenvalue weighted by Crippen LogP contribution is -2.36. The fraction of sp³-hybridized carbons (Fsp3) is 0.588. The van der Waals surface area contributed by atoms with Crippen molar-refractivity contribution in [2.75, 3.05) is 26.0 Å². The lowest BCUT2D eigenvalue weighted by atomic mass is 10.0. The molecule has 0 aromatic heterocycles. The summed E-state index contributed by atoms with van der Waals surface area (Å²) in [4.78, 5) is 14.6. The van der Waals surface area contributed by atoms with E-state index in [1.54, 1.807) is 11.8 Å². The maximum Gasteiger partial charge on any atom is 0.235 e. The summed E-state index contributed by atoms with van der Waals surface area (Å²) in [5, 5.41) is 0.0148. The first-order valence-corrected chi connectivity index (χ1v) is 9.22. The van der Waals surface area contributed by atoms with Gasteiger partial charge >= 0.3 is 0 Å². The van der Waals surface area contributed by atoms with Crippen LogP contribution >= 0.6 is 11.8 Å². The number of likely N-dealkylation sites (tertiary alicyclic amines) is 1. The van der Waals surface area contributed by atoms with E-state index in [1.165, 1.54) is 0 Å². The molecule has 0 radical (unpaired) electrons. The smallest absolute Gasteiger partial charge is 0.235 e. The maximum atomic E-state index is 12.6. The van der Waals surface area contributed by atoms with Gasteiger partial charge in [0.15, 0.2) is 11.5 Å². The number of hydrogen-bond donors (Lipinski definition) is 0. The standard InChI is InChI=1S/C17H23NO3S/c1-12(22-2)17(19)18-8-3-5-14(18)13-6-7-15-16(11-13)21-10-4-9-20-15/h6-7,11-12,14H,3-5,8-10H2,1-2H3/t12-,14+/m0/s1. The first kappa shape index (κ1) is 15.5. The zero-order valence-electron chi connectivity index (χ0n) is 13.2. The Morgan fingerprint density at radius 3 is 2.82 bits per heavy atom. The molecule has 2 aliphatic rings. The minimum Gasteiger partial charge on any atom is -0.490 e. The van der Waals surface area contributed by atoms with Crippen molar-refractivity contribution in [3.8, 4) is 11.5 Å². The molecule has 2 aliphatic heterocycles. The number of thioether (sulfide) groups is 1. The van der Waals surface area contributed by atoms with E-state index in [1.807, 2.05) is 24.1 Å². The van der Waals surface area contributed by atoms with Gasteiger partial charge in [-0.1, -0.05) is 6.07 Å². The summed E-state index contributed by atoms with van der Waals surface area (Å²) < 4.78 is 11.5. The van der Waals surface area contributed by atoms with Crippen LogP contribution in [0.15, 0.2) is 18.2 Å². The van der Waals surface area contributed by atoms with Crippen LogP contribution in [-0.2, 0) is 4.79 Å². The summed E-state index contributed by atoms with van der Waals surface area (Å²) in [6.07, 6.45) is 4.98. The minimum atomic E-state index is 0.0148. The molecule has 0 bridgehead atoms. The molecule has 1 saturated heterocycles. The largest absolute Gasteiger partial charge is 0.490 e. The van der Waals surface area contributed by atoms with Crippen LogP contribution in [-0.4, -0.2) is 42.1 Å². The van der Waals surface area contributed by atoms with Gasteiger partial charge in [-0.15, -0.1) is 0 Å². The number of benzene rings is 1. The Morgan fingerprint density at radius 2 is 2.05 bits per heavy atom. The van der Waals surface area contributed by atoms with Crippen molar-refractivity contribution in [1.82, 2.24) is 4.90 Å². The van der Waals surface area contributed by atoms with Crippen molar-refractivity contribution >= 4 is 17.7 Å². The van der Waals surface area contributed by atoms with E-state index in [0.29, 0.717) is 13.2 Å². The number of carbonyl (C=O) groups excluding carboxylic acids is 1. The van der Waals surface area contributed by atoms with Crippen molar-refractivity contribution in [3.05, 3.63) is 23.8 Å². The normalized spacial score (nSPS) is 22.3. The van der Waals surface area contributed by atoms with E-state index in [2.05, 4.69) is 12.1 Å². The maximum absolute atomic E-state index is 12.6. The van der Waals surface area contributed by atoms with Gasteiger partial charge in [-0.05, 0) is 43.7 Å². The summed E-state index contributed by atoms with van der Waals surface area (Å²) in [5.41, 5.74) is 1.16. The zero-order chi connectivity index (χ0) is 15.5. The number of carbonyl (C=O) groups is 1. The molecule has 0 aliphatic carbocycles. The number of amides is 1. The van der Waals surface area contributed by atoms with E-state index in [-0.39, 0.29) is 17.2 Å². The van der Waals surface area contributed by atoms with Crippen molar-refractivity contribution in [2.45, 2.75) is 37.5 Å². The molecule has 0 spiro atoms. The van der Waals surface area contributed by atoms with E-state index in [4.69, 9.17) is 9.47 Å². The number of ether oxygens (including phenoxy) is 2. The summed E-state index contributed by atoms with van der Waals surface area (Å²) in [6.45, 7) is 4.22. The topological polar surface area (TPSA) is 38.8 Å². The predicted molar refractivity (Wildman–Crippen MR) is 88.7 cm³/mol. The van der Waals surface area contributed by atoms with Crippen molar-refractivity contribution in [2.24, 2.45) is 0 Å². The summed E-state index contributed by atoms with van der Waals surface area (Å²) in [7, 11) is 0. The quantitative estimate of drug-likeness (QED) is 0.856. The van der Waals surface area contributed by atoms with Crippen LogP contribution < -0.4 is 9.47 Å². The minimum absolute atomic E-state index is 0.0148. The highest BCUT2D eigenvalue weighted by Crippen LogP contribution is 2.38. The fourth-order valence-electron chi connectivity index (χ4n) is 3.10. The lowest BCUT2D eigenvalue weighted by Gasteiger charge is -2.27. The second kappa shape index (κ2) is 6.82. The molecule has 22 heavy (non-hydrogen) atoms. The molecule has 2 heterocycles. The van der Waals surface area contributed by atoms with Gasteiger partial charge < -0.3 is 14.4 Å². The Hall–Kier alpha value is -1.36. The van der Waals surface area contributed by atoms with E-state index < -0.39 is 0 Å². The lowest BCUT2D eigenvalue weighted by molar-refractivity contribution is -0.131. The monoisotopic (exact) mass is 321 g/mol. The van der Waals surface area contributed by atoms with Crippen LogP contribution in [0.2, 0.25) is 0 Å². The molecule has 0 saturated carbocycles. The van der Waals surface area contributed by atoms with Gasteiger partial charge in [-0.3, -0.25) is 4.79 Å². The molecular weight excluding hydrogens is 298 g/mol. The van der Waals surface area contributed by atoms with Crippen LogP contribution in [0, 0.1) is 0 Å². The van der Waals surface area contributed by atoms with Crippen molar-refractivity contribution in [3.63, 3.8) is 0 Å². The molecule has 1 fully saturated rings. The highest BCUT2D eigenvalue weighted by atomic mass is 32.2. The number of hydrogen-bond acceptors (Lipinski definition) is 4. The fourth-order valence-corrected chi connectivity index (χ4v) is 3.44. The molecule has 1 amide bonds. The first-order chi connectivity index (χ1) is 10.7. The van der Waals surface area contributed by atoms with Crippen LogP contribution in [0.5, 0.6) is 11.5 Å². The Kier molecular flexibility index (Phi) is 4.81. The number of nitrogens with zero attached hydrogens (tertiary/aromatic N) is 1. The third-order valence-electron chi connectivity index (χ3n) is 4.39. The third kappa shape index (κ3) is 3.05. The van der Waals surface area contributed by atoms with Crippen molar-refractivity contribution in [1.29, 1.82) is 0 Å². The average molecular weight is 321 g/mol. The number of fused-ring (bicyclic) bond motifs is 1. The van der Waals surface area contributed by atoms with Gasteiger partial charge in [0, 0.05) is 13.0 Å². The first-order valence-electron chi connectivity index (χ1n) is 7.93. The Bertz CT molecular complexity index is 549. The Balaban J connectivity index is 1.83. The molecule has 4 nitrogen and oxygen atoms in total. The highest BCUT2D eigenvalue weighted by Gasteiger charge is 2.32.